The lowest BCUT2D eigenvalue weighted by atomic mass is 10.3. The Morgan fingerprint density at radius 2 is 1.71 bits per heavy atom. The van der Waals surface area contributed by atoms with Gasteiger partial charge in [-0.15, -0.1) is 0 Å². The van der Waals surface area contributed by atoms with Gasteiger partial charge in [-0.25, -0.2) is 4.98 Å². The summed E-state index contributed by atoms with van der Waals surface area (Å²) >= 11 is 0. The number of hydrogen-bond donors (Lipinski definition) is 0. The van der Waals surface area contributed by atoms with Gasteiger partial charge in [0, 0.05) is 6.20 Å². The van der Waals surface area contributed by atoms with Crippen LogP contribution in [-0.4, -0.2) is 9.97 Å². The Morgan fingerprint density at radius 1 is 1.14 bits per heavy atom. The summed E-state index contributed by atoms with van der Waals surface area (Å²) in [4.78, 5) is 6.81. The van der Waals surface area contributed by atoms with E-state index in [-0.39, 0.29) is 0 Å². The molecule has 0 saturated carbocycles. The molecule has 0 aliphatic carbocycles. The van der Waals surface area contributed by atoms with Crippen molar-refractivity contribution < 1.29 is 13.2 Å². The Hall–Kier alpha value is -1.13. The van der Waals surface area contributed by atoms with E-state index in [0.29, 0.717) is 12.1 Å². The summed E-state index contributed by atoms with van der Waals surface area (Å²) in [6.07, 6.45) is -1.91. The fourth-order valence-corrected chi connectivity index (χ4v) is 0.684. The molecule has 0 aliphatic heterocycles. The molecule has 0 aromatic carbocycles. The van der Waals surface area contributed by atoms with Crippen LogP contribution in [0.3, 0.4) is 0 Å². The molecule has 0 atom stereocenters. The van der Waals surface area contributed by atoms with E-state index >= 15 is 0 Å². The molecule has 0 radical (unpaired) electrons. The second kappa shape index (κ2) is 5.57. The molecule has 1 aromatic rings. The monoisotopic (exact) mass is 206 g/mol. The molecule has 1 aromatic heterocycles. The minimum Gasteiger partial charge on any atom is -0.257 e. The summed E-state index contributed by atoms with van der Waals surface area (Å²) in [5.74, 6) is 0. The molecule has 1 rings (SSSR count). The van der Waals surface area contributed by atoms with Gasteiger partial charge in [-0.1, -0.05) is 20.8 Å². The molecule has 5 heteroatoms. The molecule has 0 spiro atoms. The summed E-state index contributed by atoms with van der Waals surface area (Å²) in [6, 6.07) is 0. The zero-order chi connectivity index (χ0) is 11.2. The summed E-state index contributed by atoms with van der Waals surface area (Å²) < 4.78 is 35.8. The molecule has 0 fully saturated rings. The molecule has 2 nitrogen and oxygen atoms in total. The first-order valence-electron chi connectivity index (χ1n) is 4.42. The Labute approximate surface area is 81.2 Å². The van der Waals surface area contributed by atoms with Crippen molar-refractivity contribution in [1.29, 1.82) is 0 Å². The van der Waals surface area contributed by atoms with E-state index in [1.54, 1.807) is 6.92 Å². The van der Waals surface area contributed by atoms with Gasteiger partial charge in [0.25, 0.3) is 0 Å². The minimum absolute atomic E-state index is 0.558. The molecular formula is C9H13F3N2. The maximum atomic E-state index is 11.9. The van der Waals surface area contributed by atoms with Crippen LogP contribution in [0.5, 0.6) is 0 Å². The lowest BCUT2D eigenvalue weighted by molar-refractivity contribution is -0.141. The van der Waals surface area contributed by atoms with Gasteiger partial charge in [0.1, 0.15) is 0 Å². The van der Waals surface area contributed by atoms with Crippen molar-refractivity contribution in [2.45, 2.75) is 33.4 Å². The summed E-state index contributed by atoms with van der Waals surface area (Å²) in [5.41, 5.74) is -0.386. The largest absolute Gasteiger partial charge is 0.434 e. The molecule has 0 aliphatic rings. The van der Waals surface area contributed by atoms with Crippen LogP contribution < -0.4 is 0 Å². The molecule has 0 N–H and O–H groups in total. The molecule has 0 saturated heterocycles. The first-order valence-corrected chi connectivity index (χ1v) is 4.42. The Balaban J connectivity index is 0.000000791. The van der Waals surface area contributed by atoms with Gasteiger partial charge in [0.2, 0.25) is 0 Å². The second-order valence-electron chi connectivity index (χ2n) is 2.24. The van der Waals surface area contributed by atoms with Crippen molar-refractivity contribution in [3.8, 4) is 0 Å². The van der Waals surface area contributed by atoms with Crippen molar-refractivity contribution >= 4 is 0 Å². The maximum absolute atomic E-state index is 11.9. The first-order chi connectivity index (χ1) is 6.54. The van der Waals surface area contributed by atoms with Crippen molar-refractivity contribution in [1.82, 2.24) is 9.97 Å². The van der Waals surface area contributed by atoms with E-state index in [1.165, 1.54) is 0 Å². The molecular weight excluding hydrogens is 193 g/mol. The predicted molar refractivity (Wildman–Crippen MR) is 47.8 cm³/mol. The molecule has 14 heavy (non-hydrogen) atoms. The number of hydrogen-bond acceptors (Lipinski definition) is 2. The maximum Gasteiger partial charge on any atom is 0.434 e. The molecule has 0 bridgehead atoms. The van der Waals surface area contributed by atoms with Crippen LogP contribution in [0.4, 0.5) is 13.2 Å². The fourth-order valence-electron chi connectivity index (χ4n) is 0.684. The SMILES string of the molecule is CC.CCc1cnc(C(F)(F)F)cn1. The normalized spacial score (nSPS) is 10.4. The topological polar surface area (TPSA) is 25.8 Å². The summed E-state index contributed by atoms with van der Waals surface area (Å²) in [5, 5.41) is 0. The van der Waals surface area contributed by atoms with Gasteiger partial charge in [0.05, 0.1) is 11.9 Å². The van der Waals surface area contributed by atoms with Crippen LogP contribution in [0.25, 0.3) is 0 Å². The number of nitrogens with zero attached hydrogens (tertiary/aromatic N) is 2. The van der Waals surface area contributed by atoms with Crippen molar-refractivity contribution in [3.05, 3.63) is 23.8 Å². The van der Waals surface area contributed by atoms with Crippen molar-refractivity contribution in [2.24, 2.45) is 0 Å². The van der Waals surface area contributed by atoms with E-state index in [0.717, 1.165) is 12.4 Å². The molecule has 0 unspecified atom stereocenters. The zero-order valence-corrected chi connectivity index (χ0v) is 8.39. The van der Waals surface area contributed by atoms with E-state index in [1.807, 2.05) is 13.8 Å². The number of aromatic nitrogens is 2. The lowest BCUT2D eigenvalue weighted by Gasteiger charge is -2.04. The van der Waals surface area contributed by atoms with Gasteiger partial charge in [-0.05, 0) is 6.42 Å². The van der Waals surface area contributed by atoms with Crippen molar-refractivity contribution in [2.75, 3.05) is 0 Å². The first kappa shape index (κ1) is 12.9. The fraction of sp³-hybridized carbons (Fsp3) is 0.556. The van der Waals surface area contributed by atoms with Crippen LogP contribution in [0.15, 0.2) is 12.4 Å². The highest BCUT2D eigenvalue weighted by atomic mass is 19.4. The highest BCUT2D eigenvalue weighted by Crippen LogP contribution is 2.26. The van der Waals surface area contributed by atoms with Crippen molar-refractivity contribution in [3.63, 3.8) is 0 Å². The summed E-state index contributed by atoms with van der Waals surface area (Å²) in [7, 11) is 0. The quantitative estimate of drug-likeness (QED) is 0.705. The summed E-state index contributed by atoms with van der Waals surface area (Å²) in [6.45, 7) is 5.80. The van der Waals surface area contributed by atoms with Crippen LogP contribution in [0.1, 0.15) is 32.2 Å². The van der Waals surface area contributed by atoms with Crippen LogP contribution in [0, 0.1) is 0 Å². The van der Waals surface area contributed by atoms with E-state index < -0.39 is 11.9 Å². The highest BCUT2D eigenvalue weighted by molar-refractivity contribution is 5.04. The van der Waals surface area contributed by atoms with E-state index in [2.05, 4.69) is 9.97 Å². The Morgan fingerprint density at radius 3 is 2.00 bits per heavy atom. The smallest absolute Gasteiger partial charge is 0.257 e. The number of alkyl halides is 3. The van der Waals surface area contributed by atoms with Crippen LogP contribution >= 0.6 is 0 Å². The van der Waals surface area contributed by atoms with Gasteiger partial charge in [-0.3, -0.25) is 4.98 Å². The van der Waals surface area contributed by atoms with E-state index in [9.17, 15) is 13.2 Å². The van der Waals surface area contributed by atoms with E-state index in [4.69, 9.17) is 0 Å². The Bertz CT molecular complexity index is 254. The van der Waals surface area contributed by atoms with Gasteiger partial charge >= 0.3 is 6.18 Å². The molecule has 0 amide bonds. The molecule has 1 heterocycles. The number of halogens is 3. The predicted octanol–water partition coefficient (Wildman–Crippen LogP) is 3.08. The second-order valence-corrected chi connectivity index (χ2v) is 2.24. The third-order valence-electron chi connectivity index (χ3n) is 1.36. The molecule has 80 valence electrons. The average Bonchev–Trinajstić information content (AvgIpc) is 2.20. The van der Waals surface area contributed by atoms with Crippen LogP contribution in [-0.2, 0) is 12.6 Å². The zero-order valence-electron chi connectivity index (χ0n) is 8.39. The van der Waals surface area contributed by atoms with Crippen LogP contribution in [0.2, 0.25) is 0 Å². The minimum atomic E-state index is -4.39. The highest BCUT2D eigenvalue weighted by Gasteiger charge is 2.32. The average molecular weight is 206 g/mol. The third-order valence-corrected chi connectivity index (χ3v) is 1.36. The lowest BCUT2D eigenvalue weighted by Crippen LogP contribution is -2.08. The van der Waals surface area contributed by atoms with Gasteiger partial charge in [0.15, 0.2) is 5.69 Å². The third kappa shape index (κ3) is 3.72. The number of rotatable bonds is 1. The Kier molecular flexibility index (Phi) is 5.12. The number of aryl methyl sites for hydroxylation is 1. The van der Waals surface area contributed by atoms with Gasteiger partial charge < -0.3 is 0 Å². The van der Waals surface area contributed by atoms with Gasteiger partial charge in [-0.2, -0.15) is 13.2 Å². The standard InChI is InChI=1S/C7H7F3N2.C2H6/c1-2-5-3-12-6(4-11-5)7(8,9)10;1-2/h3-4H,2H2,1H3;1-2H3.